The molecule has 3 heteroatoms. The molecule has 0 aliphatic heterocycles. The Morgan fingerprint density at radius 1 is 0.371 bits per heavy atom. The van der Waals surface area contributed by atoms with Gasteiger partial charge in [0, 0.05) is 55.1 Å². The van der Waals surface area contributed by atoms with Gasteiger partial charge in [0.15, 0.2) is 0 Å². The molecule has 0 fully saturated rings. The molecule has 0 unspecified atom stereocenters. The van der Waals surface area contributed by atoms with Crippen LogP contribution < -0.4 is 4.90 Å². The van der Waals surface area contributed by atoms with Crippen LogP contribution in [-0.2, 0) is 5.41 Å². The normalized spacial score (nSPS) is 12.8. The van der Waals surface area contributed by atoms with Gasteiger partial charge in [-0.3, -0.25) is 0 Å². The summed E-state index contributed by atoms with van der Waals surface area (Å²) in [7, 11) is 0. The molecule has 70 heavy (non-hydrogen) atoms. The third-order valence-electron chi connectivity index (χ3n) is 15.0. The molecule has 14 rings (SSSR count). The number of fused-ring (bicyclic) bond motifs is 10. The van der Waals surface area contributed by atoms with Crippen LogP contribution in [0.2, 0.25) is 0 Å². The maximum Gasteiger partial charge on any atom is 0.143 e. The van der Waals surface area contributed by atoms with E-state index in [9.17, 15) is 0 Å². The van der Waals surface area contributed by atoms with Crippen molar-refractivity contribution in [2.45, 2.75) is 19.3 Å². The first-order chi connectivity index (χ1) is 34.5. The Labute approximate surface area is 406 Å². The molecule has 0 N–H and O–H groups in total. The summed E-state index contributed by atoms with van der Waals surface area (Å²) in [6.45, 7) is 4.70. The van der Waals surface area contributed by atoms with E-state index >= 15 is 0 Å². The molecule has 0 saturated heterocycles. The lowest BCUT2D eigenvalue weighted by atomic mass is 9.81. The van der Waals surface area contributed by atoms with Crippen LogP contribution in [0.15, 0.2) is 247 Å². The monoisotopic (exact) mass is 894 g/mol. The van der Waals surface area contributed by atoms with Gasteiger partial charge in [0.25, 0.3) is 0 Å². The fourth-order valence-corrected chi connectivity index (χ4v) is 11.6. The third kappa shape index (κ3) is 6.15. The molecule has 1 aliphatic carbocycles. The summed E-state index contributed by atoms with van der Waals surface area (Å²) in [6.07, 6.45) is 0. The molecule has 0 spiro atoms. The zero-order valence-corrected chi connectivity index (χ0v) is 38.9. The lowest BCUT2D eigenvalue weighted by Gasteiger charge is -2.29. The van der Waals surface area contributed by atoms with E-state index in [2.05, 4.69) is 266 Å². The van der Waals surface area contributed by atoms with Gasteiger partial charge in [-0.1, -0.05) is 190 Å². The molecule has 11 aromatic carbocycles. The maximum atomic E-state index is 6.90. The quantitative estimate of drug-likeness (QED) is 0.159. The van der Waals surface area contributed by atoms with Gasteiger partial charge in [0.1, 0.15) is 11.2 Å². The fourth-order valence-electron chi connectivity index (χ4n) is 11.6. The summed E-state index contributed by atoms with van der Waals surface area (Å²) in [5.41, 5.74) is 20.5. The van der Waals surface area contributed by atoms with Crippen molar-refractivity contribution in [1.29, 1.82) is 0 Å². The molecule has 2 aromatic heterocycles. The largest absolute Gasteiger partial charge is 0.455 e. The van der Waals surface area contributed by atoms with Crippen LogP contribution in [0.1, 0.15) is 25.0 Å². The summed E-state index contributed by atoms with van der Waals surface area (Å²) in [5.74, 6) is 0. The van der Waals surface area contributed by atoms with E-state index in [0.29, 0.717) is 0 Å². The number of anilines is 3. The Kier molecular flexibility index (Phi) is 8.93. The van der Waals surface area contributed by atoms with Crippen LogP contribution in [0.5, 0.6) is 0 Å². The zero-order valence-electron chi connectivity index (χ0n) is 38.9. The summed E-state index contributed by atoms with van der Waals surface area (Å²) < 4.78 is 9.29. The molecule has 1 aliphatic rings. The van der Waals surface area contributed by atoms with Crippen molar-refractivity contribution < 1.29 is 4.42 Å². The van der Waals surface area contributed by atoms with Gasteiger partial charge >= 0.3 is 0 Å². The molecular formula is C67H46N2O. The molecule has 0 radical (unpaired) electrons. The van der Waals surface area contributed by atoms with E-state index in [1.54, 1.807) is 0 Å². The van der Waals surface area contributed by atoms with E-state index in [1.807, 2.05) is 0 Å². The Morgan fingerprint density at radius 3 is 1.80 bits per heavy atom. The maximum absolute atomic E-state index is 6.90. The smallest absolute Gasteiger partial charge is 0.143 e. The Hall–Kier alpha value is -8.92. The second kappa shape index (κ2) is 15.6. The fraction of sp³-hybridized carbons (Fsp3) is 0.0448. The van der Waals surface area contributed by atoms with Crippen LogP contribution in [0.3, 0.4) is 0 Å². The SMILES string of the molecule is CC1(C)c2ccccc2-c2ccc(-c3ccc(N(c4cc(-c5cccc(-n6c7ccccc7c7ccccc76)c5)c5oc6ccccc6c5c4)c4ccccc4-c4cccc5ccccc45)cc3)cc21. The number of benzene rings is 11. The molecule has 2 heterocycles. The first-order valence-corrected chi connectivity index (χ1v) is 24.2. The van der Waals surface area contributed by atoms with E-state index in [0.717, 1.165) is 61.4 Å². The van der Waals surface area contributed by atoms with Gasteiger partial charge in [0.2, 0.25) is 0 Å². The van der Waals surface area contributed by atoms with Crippen molar-refractivity contribution in [3.05, 3.63) is 254 Å². The summed E-state index contributed by atoms with van der Waals surface area (Å²) >= 11 is 0. The van der Waals surface area contributed by atoms with Crippen molar-refractivity contribution in [3.8, 4) is 50.2 Å². The number of aromatic nitrogens is 1. The Balaban J connectivity index is 0.983. The van der Waals surface area contributed by atoms with Crippen LogP contribution in [0.4, 0.5) is 17.1 Å². The number of nitrogens with zero attached hydrogens (tertiary/aromatic N) is 2. The van der Waals surface area contributed by atoms with Crippen molar-refractivity contribution in [3.63, 3.8) is 0 Å². The van der Waals surface area contributed by atoms with Gasteiger partial charge in [-0.15, -0.1) is 0 Å². The van der Waals surface area contributed by atoms with E-state index in [-0.39, 0.29) is 5.41 Å². The van der Waals surface area contributed by atoms with E-state index in [4.69, 9.17) is 4.42 Å². The number of hydrogen-bond acceptors (Lipinski definition) is 2. The molecule has 3 nitrogen and oxygen atoms in total. The van der Waals surface area contributed by atoms with Crippen molar-refractivity contribution in [2.24, 2.45) is 0 Å². The molecule has 13 aromatic rings. The second-order valence-corrected chi connectivity index (χ2v) is 19.2. The highest BCUT2D eigenvalue weighted by atomic mass is 16.3. The first-order valence-electron chi connectivity index (χ1n) is 24.2. The Bertz CT molecular complexity index is 4170. The number of hydrogen-bond donors (Lipinski definition) is 0. The Morgan fingerprint density at radius 2 is 0.986 bits per heavy atom. The minimum absolute atomic E-state index is 0.0828. The van der Waals surface area contributed by atoms with Crippen LogP contribution in [-0.4, -0.2) is 4.57 Å². The molecular weight excluding hydrogens is 849 g/mol. The molecule has 0 atom stereocenters. The van der Waals surface area contributed by atoms with Gasteiger partial charge in [-0.2, -0.15) is 0 Å². The van der Waals surface area contributed by atoms with Crippen molar-refractivity contribution >= 4 is 71.6 Å². The van der Waals surface area contributed by atoms with E-state index < -0.39 is 0 Å². The predicted molar refractivity (Wildman–Crippen MR) is 294 cm³/mol. The van der Waals surface area contributed by atoms with Gasteiger partial charge < -0.3 is 13.9 Å². The van der Waals surface area contributed by atoms with E-state index in [1.165, 1.54) is 71.5 Å². The molecule has 0 amide bonds. The number of rotatable bonds is 7. The minimum Gasteiger partial charge on any atom is -0.455 e. The molecule has 0 bridgehead atoms. The standard InChI is InChI=1S/C67H46N2O/c1-67(2)60-28-10-5-22-52(60)53-38-35-45(40-61(53)67)43-33-36-47(37-34-43)68(62-29-11-6-23-54(62)51-27-16-18-44-17-3-4-21-50(44)51)49-41-58(66-59(42-49)57-26-9-14-32-65(57)70-66)46-19-15-20-48(39-46)69-63-30-12-7-24-55(63)56-25-8-13-31-64(56)69/h3-42H,1-2H3. The van der Waals surface area contributed by atoms with Crippen LogP contribution in [0, 0.1) is 0 Å². The lowest BCUT2D eigenvalue weighted by Crippen LogP contribution is -2.14. The lowest BCUT2D eigenvalue weighted by molar-refractivity contribution is 0.660. The van der Waals surface area contributed by atoms with Crippen molar-refractivity contribution in [1.82, 2.24) is 4.57 Å². The minimum atomic E-state index is -0.0828. The number of furan rings is 1. The third-order valence-corrected chi connectivity index (χ3v) is 15.0. The highest BCUT2D eigenvalue weighted by Gasteiger charge is 2.35. The molecule has 0 saturated carbocycles. The summed E-state index contributed by atoms with van der Waals surface area (Å²) in [6, 6.07) is 88.7. The van der Waals surface area contributed by atoms with Gasteiger partial charge in [-0.25, -0.2) is 0 Å². The zero-order chi connectivity index (χ0) is 46.5. The molecule has 330 valence electrons. The second-order valence-electron chi connectivity index (χ2n) is 19.2. The topological polar surface area (TPSA) is 21.3 Å². The van der Waals surface area contributed by atoms with Crippen LogP contribution in [0.25, 0.3) is 105 Å². The summed E-state index contributed by atoms with van der Waals surface area (Å²) in [4.78, 5) is 2.45. The van der Waals surface area contributed by atoms with Crippen molar-refractivity contribution in [2.75, 3.05) is 4.90 Å². The van der Waals surface area contributed by atoms with Gasteiger partial charge in [-0.05, 0) is 122 Å². The predicted octanol–water partition coefficient (Wildman–Crippen LogP) is 18.6. The highest BCUT2D eigenvalue weighted by molar-refractivity contribution is 6.13. The number of para-hydroxylation sites is 4. The van der Waals surface area contributed by atoms with Gasteiger partial charge in [0.05, 0.1) is 16.7 Å². The highest BCUT2D eigenvalue weighted by Crippen LogP contribution is 2.51. The van der Waals surface area contributed by atoms with Crippen LogP contribution >= 0.6 is 0 Å². The summed E-state index contributed by atoms with van der Waals surface area (Å²) in [5, 5.41) is 7.05. The average molecular weight is 895 g/mol. The average Bonchev–Trinajstić information content (AvgIpc) is 4.04. The first kappa shape index (κ1) is 40.2.